The van der Waals surface area contributed by atoms with Crippen molar-refractivity contribution in [3.63, 3.8) is 0 Å². The molecular weight excluding hydrogens is 182 g/mol. The van der Waals surface area contributed by atoms with Crippen molar-refractivity contribution >= 4 is 0 Å². The van der Waals surface area contributed by atoms with Crippen molar-refractivity contribution in [3.05, 3.63) is 35.8 Å². The highest BCUT2D eigenvalue weighted by atomic mass is 16.3. The largest absolute Gasteiger partial charge is 0.464 e. The van der Waals surface area contributed by atoms with Gasteiger partial charge in [0.1, 0.15) is 24.5 Å². The molecule has 0 aliphatic carbocycles. The number of furan rings is 1. The summed E-state index contributed by atoms with van der Waals surface area (Å²) in [5.74, 6) is 2.25. The third-order valence-corrected chi connectivity index (χ3v) is 1.96. The lowest BCUT2D eigenvalue weighted by molar-refractivity contribution is 0.264. The summed E-state index contributed by atoms with van der Waals surface area (Å²) in [6.07, 6.45) is 1.57. The second-order valence-electron chi connectivity index (χ2n) is 3.05. The average Bonchev–Trinajstić information content (AvgIpc) is 2.76. The van der Waals surface area contributed by atoms with Crippen LogP contribution in [-0.4, -0.2) is 19.9 Å². The number of aryl methyl sites for hydroxylation is 1. The molecule has 2 aromatic rings. The molecule has 0 radical (unpaired) electrons. The van der Waals surface area contributed by atoms with Crippen molar-refractivity contribution < 1.29 is 9.52 Å². The fourth-order valence-electron chi connectivity index (χ4n) is 1.27. The minimum atomic E-state index is -0.111. The molecule has 1 N–H and O–H groups in total. The molecule has 2 heterocycles. The maximum absolute atomic E-state index is 8.94. The summed E-state index contributed by atoms with van der Waals surface area (Å²) in [5, 5.41) is 16.4. The second-order valence-corrected chi connectivity index (χ2v) is 3.05. The number of aliphatic hydroxyl groups excluding tert-OH is 1. The Morgan fingerprint density at radius 1 is 1.50 bits per heavy atom. The zero-order valence-corrected chi connectivity index (χ0v) is 7.84. The van der Waals surface area contributed by atoms with E-state index in [1.54, 1.807) is 10.9 Å². The van der Waals surface area contributed by atoms with Crippen LogP contribution in [0, 0.1) is 6.92 Å². The minimum Gasteiger partial charge on any atom is -0.464 e. The van der Waals surface area contributed by atoms with Crippen LogP contribution in [0.2, 0.25) is 0 Å². The normalized spacial score (nSPS) is 10.7. The first-order valence-electron chi connectivity index (χ1n) is 4.32. The molecule has 0 spiro atoms. The summed E-state index contributed by atoms with van der Waals surface area (Å²) in [6, 6.07) is 3.80. The highest BCUT2D eigenvalue weighted by molar-refractivity contribution is 5.06. The van der Waals surface area contributed by atoms with E-state index in [9.17, 15) is 0 Å². The molecule has 5 nitrogen and oxygen atoms in total. The Hall–Kier alpha value is -1.62. The SMILES string of the molecule is Cc1ccc(Cn2cnnc2CO)o1. The van der Waals surface area contributed by atoms with Crippen LogP contribution >= 0.6 is 0 Å². The predicted octanol–water partition coefficient (Wildman–Crippen LogP) is 0.720. The number of nitrogens with zero attached hydrogens (tertiary/aromatic N) is 3. The lowest BCUT2D eigenvalue weighted by Crippen LogP contribution is -2.03. The summed E-state index contributed by atoms with van der Waals surface area (Å²) in [5.41, 5.74) is 0. The van der Waals surface area contributed by atoms with Crippen molar-refractivity contribution in [3.8, 4) is 0 Å². The van der Waals surface area contributed by atoms with Crippen LogP contribution in [0.15, 0.2) is 22.9 Å². The average molecular weight is 193 g/mol. The van der Waals surface area contributed by atoms with Gasteiger partial charge in [-0.3, -0.25) is 0 Å². The summed E-state index contributed by atoms with van der Waals surface area (Å²) in [4.78, 5) is 0. The fraction of sp³-hybridized carbons (Fsp3) is 0.333. The first-order chi connectivity index (χ1) is 6.79. The molecule has 0 saturated heterocycles. The first-order valence-corrected chi connectivity index (χ1v) is 4.32. The number of aliphatic hydroxyl groups is 1. The summed E-state index contributed by atoms with van der Waals surface area (Å²) in [6.45, 7) is 2.33. The van der Waals surface area contributed by atoms with E-state index in [2.05, 4.69) is 10.2 Å². The van der Waals surface area contributed by atoms with Crippen molar-refractivity contribution in [2.24, 2.45) is 0 Å². The van der Waals surface area contributed by atoms with Crippen LogP contribution in [0.1, 0.15) is 17.3 Å². The summed E-state index contributed by atoms with van der Waals surface area (Å²) < 4.78 is 7.15. The Morgan fingerprint density at radius 3 is 3.00 bits per heavy atom. The van der Waals surface area contributed by atoms with Crippen molar-refractivity contribution in [2.45, 2.75) is 20.1 Å². The molecule has 5 heteroatoms. The van der Waals surface area contributed by atoms with E-state index in [4.69, 9.17) is 9.52 Å². The van der Waals surface area contributed by atoms with Gasteiger partial charge in [-0.25, -0.2) is 0 Å². The fourth-order valence-corrected chi connectivity index (χ4v) is 1.27. The second kappa shape index (κ2) is 3.63. The molecule has 2 aromatic heterocycles. The molecule has 0 aromatic carbocycles. The van der Waals surface area contributed by atoms with E-state index < -0.39 is 0 Å². The van der Waals surface area contributed by atoms with E-state index in [0.717, 1.165) is 11.5 Å². The van der Waals surface area contributed by atoms with E-state index in [-0.39, 0.29) is 6.61 Å². The monoisotopic (exact) mass is 193 g/mol. The molecule has 74 valence electrons. The Kier molecular flexibility index (Phi) is 2.32. The molecule has 0 saturated carbocycles. The zero-order valence-electron chi connectivity index (χ0n) is 7.84. The van der Waals surface area contributed by atoms with Crippen molar-refractivity contribution in [2.75, 3.05) is 0 Å². The third kappa shape index (κ3) is 1.67. The van der Waals surface area contributed by atoms with Crippen LogP contribution in [0.4, 0.5) is 0 Å². The topological polar surface area (TPSA) is 64.1 Å². The summed E-state index contributed by atoms with van der Waals surface area (Å²) in [7, 11) is 0. The van der Waals surface area contributed by atoms with Crippen molar-refractivity contribution in [1.29, 1.82) is 0 Å². The van der Waals surface area contributed by atoms with Crippen LogP contribution < -0.4 is 0 Å². The van der Waals surface area contributed by atoms with E-state index in [1.165, 1.54) is 0 Å². The minimum absolute atomic E-state index is 0.111. The highest BCUT2D eigenvalue weighted by Gasteiger charge is 2.05. The van der Waals surface area contributed by atoms with Gasteiger partial charge in [0, 0.05) is 0 Å². The number of hydrogen-bond acceptors (Lipinski definition) is 4. The third-order valence-electron chi connectivity index (χ3n) is 1.96. The smallest absolute Gasteiger partial charge is 0.159 e. The molecule has 0 unspecified atom stereocenters. The standard InChI is InChI=1S/C9H11N3O2/c1-7-2-3-8(14-7)4-12-6-10-11-9(12)5-13/h2-3,6,13H,4-5H2,1H3. The molecule has 2 rings (SSSR count). The van der Waals surface area contributed by atoms with Crippen LogP contribution in [0.25, 0.3) is 0 Å². The lowest BCUT2D eigenvalue weighted by atomic mass is 10.4. The molecule has 0 fully saturated rings. The maximum Gasteiger partial charge on any atom is 0.159 e. The molecule has 0 bridgehead atoms. The molecule has 14 heavy (non-hydrogen) atoms. The van der Waals surface area contributed by atoms with Gasteiger partial charge in [-0.15, -0.1) is 10.2 Å². The van der Waals surface area contributed by atoms with Gasteiger partial charge in [0.15, 0.2) is 5.82 Å². The van der Waals surface area contributed by atoms with Gasteiger partial charge in [-0.05, 0) is 19.1 Å². The number of aromatic nitrogens is 3. The van der Waals surface area contributed by atoms with Gasteiger partial charge >= 0.3 is 0 Å². The van der Waals surface area contributed by atoms with E-state index >= 15 is 0 Å². The first kappa shape index (κ1) is 8.96. The highest BCUT2D eigenvalue weighted by Crippen LogP contribution is 2.08. The molecule has 0 atom stereocenters. The van der Waals surface area contributed by atoms with Crippen molar-refractivity contribution in [1.82, 2.24) is 14.8 Å². The van der Waals surface area contributed by atoms with Gasteiger partial charge in [-0.1, -0.05) is 0 Å². The van der Waals surface area contributed by atoms with Gasteiger partial charge in [0.05, 0.1) is 6.54 Å². The maximum atomic E-state index is 8.94. The van der Waals surface area contributed by atoms with Gasteiger partial charge in [0.25, 0.3) is 0 Å². The molecule has 0 aliphatic heterocycles. The molecule has 0 aliphatic rings. The van der Waals surface area contributed by atoms with Gasteiger partial charge < -0.3 is 14.1 Å². The van der Waals surface area contributed by atoms with E-state index in [0.29, 0.717) is 12.4 Å². The molecular formula is C9H11N3O2. The Bertz CT molecular complexity index is 419. The Labute approximate surface area is 81.0 Å². The van der Waals surface area contributed by atoms with Gasteiger partial charge in [-0.2, -0.15) is 0 Å². The number of hydrogen-bond donors (Lipinski definition) is 1. The zero-order chi connectivity index (χ0) is 9.97. The Balaban J connectivity index is 2.18. The van der Waals surface area contributed by atoms with Gasteiger partial charge in [0.2, 0.25) is 0 Å². The molecule has 0 amide bonds. The lowest BCUT2D eigenvalue weighted by Gasteiger charge is -2.00. The van der Waals surface area contributed by atoms with E-state index in [1.807, 2.05) is 19.1 Å². The Morgan fingerprint density at radius 2 is 2.36 bits per heavy atom. The van der Waals surface area contributed by atoms with Crippen LogP contribution in [0.3, 0.4) is 0 Å². The summed E-state index contributed by atoms with van der Waals surface area (Å²) >= 11 is 0. The number of rotatable bonds is 3. The quantitative estimate of drug-likeness (QED) is 0.780. The predicted molar refractivity (Wildman–Crippen MR) is 48.5 cm³/mol. The van der Waals surface area contributed by atoms with Crippen LogP contribution in [-0.2, 0) is 13.2 Å². The van der Waals surface area contributed by atoms with Crippen LogP contribution in [0.5, 0.6) is 0 Å².